The summed E-state index contributed by atoms with van der Waals surface area (Å²) in [5.74, 6) is -0.144. The fourth-order valence-corrected chi connectivity index (χ4v) is 2.49. The van der Waals surface area contributed by atoms with E-state index in [1.807, 2.05) is 18.2 Å². The molecule has 1 aromatic carbocycles. The first-order valence-electron chi connectivity index (χ1n) is 6.57. The molecule has 21 heavy (non-hydrogen) atoms. The lowest BCUT2D eigenvalue weighted by atomic mass is 10.1. The molecule has 1 saturated heterocycles. The number of aromatic nitrogens is 2. The molecule has 0 spiro atoms. The van der Waals surface area contributed by atoms with Crippen molar-refractivity contribution in [1.29, 1.82) is 0 Å². The van der Waals surface area contributed by atoms with Crippen LogP contribution in [0.2, 0.25) is 5.02 Å². The van der Waals surface area contributed by atoms with Crippen molar-refractivity contribution in [1.82, 2.24) is 10.1 Å². The van der Waals surface area contributed by atoms with E-state index in [9.17, 15) is 4.79 Å². The fraction of sp³-hybridized carbons (Fsp3) is 0.357. The number of carboxylic acids is 1. The van der Waals surface area contributed by atoms with Crippen LogP contribution < -0.4 is 0 Å². The van der Waals surface area contributed by atoms with Crippen molar-refractivity contribution in [3.05, 3.63) is 46.6 Å². The zero-order chi connectivity index (χ0) is 14.8. The van der Waals surface area contributed by atoms with Crippen LogP contribution in [-0.4, -0.2) is 27.3 Å². The number of nitrogens with zero attached hydrogens (tertiary/aromatic N) is 2. The first-order valence-corrected chi connectivity index (χ1v) is 6.95. The summed E-state index contributed by atoms with van der Waals surface area (Å²) in [7, 11) is 0. The number of halogens is 1. The summed E-state index contributed by atoms with van der Waals surface area (Å²) in [6.45, 7) is 0. The molecule has 0 saturated carbocycles. The molecule has 1 aliphatic heterocycles. The van der Waals surface area contributed by atoms with Gasteiger partial charge in [-0.2, -0.15) is 4.98 Å². The number of rotatable bonds is 4. The van der Waals surface area contributed by atoms with Gasteiger partial charge < -0.3 is 14.4 Å². The van der Waals surface area contributed by atoms with Gasteiger partial charge in [0.1, 0.15) is 6.10 Å². The van der Waals surface area contributed by atoms with Gasteiger partial charge in [-0.25, -0.2) is 4.79 Å². The summed E-state index contributed by atoms with van der Waals surface area (Å²) < 4.78 is 10.5. The lowest BCUT2D eigenvalue weighted by Gasteiger charge is -2.05. The molecular weight excluding hydrogens is 296 g/mol. The minimum atomic E-state index is -0.965. The van der Waals surface area contributed by atoms with Crippen LogP contribution in [0, 0.1) is 0 Å². The van der Waals surface area contributed by atoms with Gasteiger partial charge in [-0.05, 0) is 24.5 Å². The molecule has 7 heteroatoms. The third-order valence-electron chi connectivity index (χ3n) is 3.36. The zero-order valence-corrected chi connectivity index (χ0v) is 11.8. The molecule has 110 valence electrons. The standard InChI is InChI=1S/C14H13ClN2O4/c15-9-4-2-1-3-8(9)7-12-16-13(21-17-12)10-5-6-11(20-10)14(18)19/h1-4,10-11H,5-7H2,(H,18,19). The predicted molar refractivity (Wildman–Crippen MR) is 73.0 cm³/mol. The summed E-state index contributed by atoms with van der Waals surface area (Å²) in [4.78, 5) is 15.1. The molecular formula is C14H13ClN2O4. The van der Waals surface area contributed by atoms with E-state index in [1.165, 1.54) is 0 Å². The fourth-order valence-electron chi connectivity index (χ4n) is 2.28. The van der Waals surface area contributed by atoms with Gasteiger partial charge >= 0.3 is 5.97 Å². The average Bonchev–Trinajstić information content (AvgIpc) is 3.10. The molecule has 1 aromatic heterocycles. The van der Waals surface area contributed by atoms with Crippen LogP contribution in [0.25, 0.3) is 0 Å². The summed E-state index contributed by atoms with van der Waals surface area (Å²) in [6.07, 6.45) is 0.220. The normalized spacial score (nSPS) is 21.6. The van der Waals surface area contributed by atoms with E-state index >= 15 is 0 Å². The molecule has 0 bridgehead atoms. The molecule has 2 heterocycles. The van der Waals surface area contributed by atoms with Gasteiger partial charge in [0.2, 0.25) is 0 Å². The largest absolute Gasteiger partial charge is 0.479 e. The van der Waals surface area contributed by atoms with E-state index in [4.69, 9.17) is 26.0 Å². The lowest BCUT2D eigenvalue weighted by Crippen LogP contribution is -2.18. The minimum Gasteiger partial charge on any atom is -0.479 e. The first kappa shape index (κ1) is 14.0. The number of carbonyl (C=O) groups is 1. The molecule has 1 N–H and O–H groups in total. The van der Waals surface area contributed by atoms with Gasteiger partial charge in [-0.3, -0.25) is 0 Å². The molecule has 6 nitrogen and oxygen atoms in total. The van der Waals surface area contributed by atoms with Crippen LogP contribution in [-0.2, 0) is 16.0 Å². The first-order chi connectivity index (χ1) is 10.1. The van der Waals surface area contributed by atoms with Gasteiger partial charge in [0.05, 0.1) is 0 Å². The number of carboxylic acid groups (broad SMARTS) is 1. The van der Waals surface area contributed by atoms with E-state index < -0.39 is 18.2 Å². The van der Waals surface area contributed by atoms with Crippen molar-refractivity contribution in [2.75, 3.05) is 0 Å². The highest BCUT2D eigenvalue weighted by Gasteiger charge is 2.34. The Morgan fingerprint density at radius 1 is 1.38 bits per heavy atom. The Morgan fingerprint density at radius 3 is 2.90 bits per heavy atom. The maximum Gasteiger partial charge on any atom is 0.332 e. The van der Waals surface area contributed by atoms with E-state index in [1.54, 1.807) is 6.07 Å². The van der Waals surface area contributed by atoms with E-state index in [-0.39, 0.29) is 0 Å². The molecule has 2 unspecified atom stereocenters. The second-order valence-electron chi connectivity index (χ2n) is 4.85. The van der Waals surface area contributed by atoms with Crippen LogP contribution in [0.4, 0.5) is 0 Å². The quantitative estimate of drug-likeness (QED) is 0.934. The van der Waals surface area contributed by atoms with Crippen molar-refractivity contribution in [3.8, 4) is 0 Å². The highest BCUT2D eigenvalue weighted by molar-refractivity contribution is 6.31. The van der Waals surface area contributed by atoms with Crippen molar-refractivity contribution in [2.45, 2.75) is 31.5 Å². The van der Waals surface area contributed by atoms with Crippen LogP contribution in [0.15, 0.2) is 28.8 Å². The van der Waals surface area contributed by atoms with Gasteiger partial charge in [0.25, 0.3) is 5.89 Å². The van der Waals surface area contributed by atoms with Gasteiger partial charge in [-0.15, -0.1) is 0 Å². The summed E-state index contributed by atoms with van der Waals surface area (Å²) >= 11 is 6.09. The third-order valence-corrected chi connectivity index (χ3v) is 3.73. The van der Waals surface area contributed by atoms with Gasteiger partial charge in [0.15, 0.2) is 11.9 Å². The summed E-state index contributed by atoms with van der Waals surface area (Å²) in [5.41, 5.74) is 0.905. The monoisotopic (exact) mass is 308 g/mol. The average molecular weight is 309 g/mol. The number of hydrogen-bond donors (Lipinski definition) is 1. The van der Waals surface area contributed by atoms with Crippen LogP contribution in [0.1, 0.15) is 36.2 Å². The Balaban J connectivity index is 1.70. The van der Waals surface area contributed by atoms with Gasteiger partial charge in [-0.1, -0.05) is 35.0 Å². The second-order valence-corrected chi connectivity index (χ2v) is 5.25. The van der Waals surface area contributed by atoms with Crippen LogP contribution in [0.3, 0.4) is 0 Å². The van der Waals surface area contributed by atoms with Crippen molar-refractivity contribution < 1.29 is 19.2 Å². The topological polar surface area (TPSA) is 85.5 Å². The Kier molecular flexibility index (Phi) is 3.90. The SMILES string of the molecule is O=C(O)C1CCC(c2nc(Cc3ccccc3Cl)no2)O1. The van der Waals surface area contributed by atoms with Crippen molar-refractivity contribution in [2.24, 2.45) is 0 Å². The number of ether oxygens (including phenoxy) is 1. The summed E-state index contributed by atoms with van der Waals surface area (Å²) in [5, 5.41) is 13.4. The van der Waals surface area contributed by atoms with Crippen LogP contribution in [0.5, 0.6) is 0 Å². The molecule has 0 amide bonds. The molecule has 0 radical (unpaired) electrons. The third kappa shape index (κ3) is 3.06. The van der Waals surface area contributed by atoms with Crippen molar-refractivity contribution >= 4 is 17.6 Å². The molecule has 1 aliphatic rings. The van der Waals surface area contributed by atoms with Gasteiger partial charge in [0, 0.05) is 11.4 Å². The Bertz CT molecular complexity index is 658. The summed E-state index contributed by atoms with van der Waals surface area (Å²) in [6, 6.07) is 7.44. The number of aliphatic carboxylic acids is 1. The van der Waals surface area contributed by atoms with E-state index in [2.05, 4.69) is 10.1 Å². The number of benzene rings is 1. The Hall–Kier alpha value is -1.92. The van der Waals surface area contributed by atoms with E-state index in [0.29, 0.717) is 36.0 Å². The maximum absolute atomic E-state index is 10.9. The number of hydrogen-bond acceptors (Lipinski definition) is 5. The lowest BCUT2D eigenvalue weighted by molar-refractivity contribution is -0.150. The molecule has 3 rings (SSSR count). The highest BCUT2D eigenvalue weighted by Crippen LogP contribution is 2.32. The highest BCUT2D eigenvalue weighted by atomic mass is 35.5. The minimum absolute atomic E-state index is 0.320. The Labute approximate surface area is 125 Å². The predicted octanol–water partition coefficient (Wildman–Crippen LogP) is 2.62. The smallest absolute Gasteiger partial charge is 0.332 e. The molecule has 1 fully saturated rings. The van der Waals surface area contributed by atoms with Crippen LogP contribution >= 0.6 is 11.6 Å². The maximum atomic E-state index is 10.9. The molecule has 2 aromatic rings. The second kappa shape index (κ2) is 5.83. The Morgan fingerprint density at radius 2 is 2.19 bits per heavy atom. The van der Waals surface area contributed by atoms with E-state index in [0.717, 1.165) is 5.56 Å². The van der Waals surface area contributed by atoms with Crippen molar-refractivity contribution in [3.63, 3.8) is 0 Å². The molecule has 0 aliphatic carbocycles. The molecule has 2 atom stereocenters. The zero-order valence-electron chi connectivity index (χ0n) is 11.0.